The number of hydroxylamine groups is 1. The van der Waals surface area contributed by atoms with Gasteiger partial charge in [-0.2, -0.15) is 0 Å². The summed E-state index contributed by atoms with van der Waals surface area (Å²) in [6.07, 6.45) is 0. The first-order valence-electron chi connectivity index (χ1n) is 6.86. The first kappa shape index (κ1) is 15.3. The van der Waals surface area contributed by atoms with E-state index < -0.39 is 5.91 Å². The van der Waals surface area contributed by atoms with E-state index in [9.17, 15) is 4.79 Å². The molecular formula is C17H15NO4S. The molecule has 6 heteroatoms. The van der Waals surface area contributed by atoms with Crippen LogP contribution in [-0.4, -0.2) is 25.3 Å². The lowest BCUT2D eigenvalue weighted by atomic mass is 10.1. The number of rotatable bonds is 4. The van der Waals surface area contributed by atoms with E-state index in [1.54, 1.807) is 43.2 Å². The van der Waals surface area contributed by atoms with E-state index in [4.69, 9.17) is 14.7 Å². The second kappa shape index (κ2) is 6.28. The molecule has 0 aliphatic carbocycles. The average Bonchev–Trinajstić information content (AvgIpc) is 3.03. The number of methoxy groups -OCH3 is 2. The molecule has 0 bridgehead atoms. The lowest BCUT2D eigenvalue weighted by Crippen LogP contribution is -2.18. The molecule has 1 heterocycles. The average molecular weight is 329 g/mol. The number of thiophene rings is 1. The first-order valence-corrected chi connectivity index (χ1v) is 7.68. The Bertz CT molecular complexity index is 872. The van der Waals surface area contributed by atoms with Crippen LogP contribution in [0.15, 0.2) is 42.5 Å². The molecule has 0 fully saturated rings. The van der Waals surface area contributed by atoms with Crippen LogP contribution in [0.25, 0.3) is 20.5 Å². The third-order valence-electron chi connectivity index (χ3n) is 3.55. The summed E-state index contributed by atoms with van der Waals surface area (Å²) in [4.78, 5) is 12.6. The van der Waals surface area contributed by atoms with Crippen LogP contribution in [0.2, 0.25) is 0 Å². The fourth-order valence-corrected chi connectivity index (χ4v) is 3.47. The highest BCUT2D eigenvalue weighted by molar-refractivity contribution is 7.22. The number of benzene rings is 2. The monoisotopic (exact) mass is 329 g/mol. The van der Waals surface area contributed by atoms with Crippen LogP contribution in [0.4, 0.5) is 0 Å². The second-order valence-corrected chi connectivity index (χ2v) is 5.96. The molecule has 0 aliphatic heterocycles. The number of carbonyl (C=O) groups excluding carboxylic acids is 1. The third-order valence-corrected chi connectivity index (χ3v) is 4.70. The van der Waals surface area contributed by atoms with Gasteiger partial charge in [0.15, 0.2) is 11.5 Å². The van der Waals surface area contributed by atoms with Gasteiger partial charge in [-0.25, -0.2) is 5.48 Å². The van der Waals surface area contributed by atoms with Crippen molar-refractivity contribution in [1.82, 2.24) is 5.48 Å². The van der Waals surface area contributed by atoms with Gasteiger partial charge in [0.05, 0.1) is 14.2 Å². The standard InChI is InChI=1S/C17H15NO4S/c1-21-13-6-5-10(7-14(13)22-2)15-8-11-3-4-12(17(19)18-20)9-16(11)23-15/h3-9,20H,1-2H3,(H,18,19). The minimum atomic E-state index is -0.520. The van der Waals surface area contributed by atoms with Gasteiger partial charge in [-0.15, -0.1) is 11.3 Å². The number of nitrogens with one attached hydrogen (secondary N) is 1. The summed E-state index contributed by atoms with van der Waals surface area (Å²) in [6, 6.07) is 13.1. The molecule has 0 aliphatic rings. The largest absolute Gasteiger partial charge is 0.493 e. The highest BCUT2D eigenvalue weighted by Gasteiger charge is 2.11. The van der Waals surface area contributed by atoms with Crippen molar-refractivity contribution >= 4 is 27.3 Å². The number of ether oxygens (including phenoxy) is 2. The Morgan fingerprint density at radius 2 is 1.83 bits per heavy atom. The van der Waals surface area contributed by atoms with E-state index in [1.165, 1.54) is 0 Å². The van der Waals surface area contributed by atoms with Gasteiger partial charge in [0.25, 0.3) is 5.91 Å². The second-order valence-electron chi connectivity index (χ2n) is 4.87. The summed E-state index contributed by atoms with van der Waals surface area (Å²) >= 11 is 1.57. The Hall–Kier alpha value is -2.57. The molecule has 2 N–H and O–H groups in total. The third kappa shape index (κ3) is 2.86. The molecule has 0 unspecified atom stereocenters. The van der Waals surface area contributed by atoms with Crippen molar-refractivity contribution in [3.63, 3.8) is 0 Å². The molecule has 1 amide bonds. The maximum atomic E-state index is 11.5. The van der Waals surface area contributed by atoms with Crippen molar-refractivity contribution in [2.45, 2.75) is 0 Å². The summed E-state index contributed by atoms with van der Waals surface area (Å²) in [5.74, 6) is 0.829. The Morgan fingerprint density at radius 1 is 1.04 bits per heavy atom. The Morgan fingerprint density at radius 3 is 2.52 bits per heavy atom. The number of hydrogen-bond donors (Lipinski definition) is 2. The van der Waals surface area contributed by atoms with Crippen LogP contribution in [-0.2, 0) is 0 Å². The van der Waals surface area contributed by atoms with E-state index in [0.717, 1.165) is 20.5 Å². The zero-order chi connectivity index (χ0) is 16.4. The van der Waals surface area contributed by atoms with Gasteiger partial charge >= 0.3 is 0 Å². The molecule has 2 aromatic carbocycles. The van der Waals surface area contributed by atoms with E-state index in [-0.39, 0.29) is 0 Å². The Kier molecular flexibility index (Phi) is 4.18. The van der Waals surface area contributed by atoms with Gasteiger partial charge in [-0.05, 0) is 47.3 Å². The Balaban J connectivity index is 2.05. The van der Waals surface area contributed by atoms with E-state index >= 15 is 0 Å². The van der Waals surface area contributed by atoms with Gasteiger partial charge in [0, 0.05) is 15.1 Å². The van der Waals surface area contributed by atoms with Crippen molar-refractivity contribution in [2.75, 3.05) is 14.2 Å². The zero-order valence-electron chi connectivity index (χ0n) is 12.6. The lowest BCUT2D eigenvalue weighted by Gasteiger charge is -2.08. The van der Waals surface area contributed by atoms with Gasteiger partial charge in [-0.3, -0.25) is 10.0 Å². The zero-order valence-corrected chi connectivity index (χ0v) is 13.4. The van der Waals surface area contributed by atoms with E-state index in [2.05, 4.69) is 6.07 Å². The molecule has 23 heavy (non-hydrogen) atoms. The van der Waals surface area contributed by atoms with Crippen LogP contribution >= 0.6 is 11.3 Å². The highest BCUT2D eigenvalue weighted by Crippen LogP contribution is 2.38. The molecule has 0 saturated heterocycles. The molecular weight excluding hydrogens is 314 g/mol. The fourth-order valence-electron chi connectivity index (χ4n) is 2.37. The summed E-state index contributed by atoms with van der Waals surface area (Å²) in [5, 5.41) is 9.77. The maximum absolute atomic E-state index is 11.5. The molecule has 0 spiro atoms. The predicted octanol–water partition coefficient (Wildman–Crippen LogP) is 3.70. The van der Waals surface area contributed by atoms with Crippen LogP contribution < -0.4 is 15.0 Å². The van der Waals surface area contributed by atoms with Gasteiger partial charge in [0.2, 0.25) is 0 Å². The van der Waals surface area contributed by atoms with E-state index in [1.807, 2.05) is 24.3 Å². The van der Waals surface area contributed by atoms with Crippen molar-refractivity contribution in [1.29, 1.82) is 0 Å². The molecule has 3 aromatic rings. The van der Waals surface area contributed by atoms with Crippen molar-refractivity contribution in [3.8, 4) is 21.9 Å². The maximum Gasteiger partial charge on any atom is 0.274 e. The summed E-state index contributed by atoms with van der Waals surface area (Å²) in [7, 11) is 3.21. The molecule has 0 saturated carbocycles. The van der Waals surface area contributed by atoms with E-state index in [0.29, 0.717) is 17.1 Å². The molecule has 118 valence electrons. The highest BCUT2D eigenvalue weighted by atomic mass is 32.1. The van der Waals surface area contributed by atoms with Gasteiger partial charge < -0.3 is 9.47 Å². The van der Waals surface area contributed by atoms with Crippen LogP contribution in [0.1, 0.15) is 10.4 Å². The summed E-state index contributed by atoms with van der Waals surface area (Å²) < 4.78 is 11.6. The quantitative estimate of drug-likeness (QED) is 0.566. The van der Waals surface area contributed by atoms with Crippen molar-refractivity contribution in [3.05, 3.63) is 48.0 Å². The molecule has 0 radical (unpaired) electrons. The van der Waals surface area contributed by atoms with Crippen molar-refractivity contribution < 1.29 is 19.5 Å². The number of hydrogen-bond acceptors (Lipinski definition) is 5. The molecule has 5 nitrogen and oxygen atoms in total. The normalized spacial score (nSPS) is 10.6. The van der Waals surface area contributed by atoms with Gasteiger partial charge in [0.1, 0.15) is 0 Å². The predicted molar refractivity (Wildman–Crippen MR) is 89.6 cm³/mol. The lowest BCUT2D eigenvalue weighted by molar-refractivity contribution is 0.0706. The minimum Gasteiger partial charge on any atom is -0.493 e. The summed E-state index contributed by atoms with van der Waals surface area (Å²) in [5.41, 5.74) is 3.08. The van der Waals surface area contributed by atoms with Crippen LogP contribution in [0.3, 0.4) is 0 Å². The fraction of sp³-hybridized carbons (Fsp3) is 0.118. The number of amides is 1. The topological polar surface area (TPSA) is 67.8 Å². The Labute approximate surface area is 137 Å². The molecule has 0 atom stereocenters. The number of fused-ring (bicyclic) bond motifs is 1. The smallest absolute Gasteiger partial charge is 0.274 e. The minimum absolute atomic E-state index is 0.417. The van der Waals surface area contributed by atoms with Crippen LogP contribution in [0, 0.1) is 0 Å². The SMILES string of the molecule is COc1ccc(-c2cc3ccc(C(=O)NO)cc3s2)cc1OC. The number of carbonyl (C=O) groups is 1. The van der Waals surface area contributed by atoms with Crippen LogP contribution in [0.5, 0.6) is 11.5 Å². The summed E-state index contributed by atoms with van der Waals surface area (Å²) in [6.45, 7) is 0. The molecule has 3 rings (SSSR count). The van der Waals surface area contributed by atoms with Gasteiger partial charge in [-0.1, -0.05) is 6.07 Å². The van der Waals surface area contributed by atoms with Crippen molar-refractivity contribution in [2.24, 2.45) is 0 Å². The molecule has 1 aromatic heterocycles. The first-order chi connectivity index (χ1) is 11.2.